The molecule has 5 atom stereocenters. The summed E-state index contributed by atoms with van der Waals surface area (Å²) < 4.78 is 0. The first-order valence-electron chi connectivity index (χ1n) is 6.18. The van der Waals surface area contributed by atoms with Gasteiger partial charge >= 0.3 is 0 Å². The van der Waals surface area contributed by atoms with Gasteiger partial charge in [-0.1, -0.05) is 40.0 Å². The van der Waals surface area contributed by atoms with Gasteiger partial charge in [0.05, 0.1) is 0 Å². The highest BCUT2D eigenvalue weighted by Crippen LogP contribution is 2.48. The minimum Gasteiger partial charge on any atom is -0.0625 e. The number of hydrogen-bond acceptors (Lipinski definition) is 0. The van der Waals surface area contributed by atoms with Crippen molar-refractivity contribution >= 4 is 0 Å². The van der Waals surface area contributed by atoms with Crippen molar-refractivity contribution < 1.29 is 0 Å². The Morgan fingerprint density at radius 3 is 1.85 bits per heavy atom. The smallest absolute Gasteiger partial charge is 0.0355 e. The van der Waals surface area contributed by atoms with Crippen molar-refractivity contribution in [2.75, 3.05) is 0 Å². The van der Waals surface area contributed by atoms with Crippen LogP contribution in [0.1, 0.15) is 52.9 Å². The molecule has 0 amide bonds. The first kappa shape index (κ1) is 9.55. The summed E-state index contributed by atoms with van der Waals surface area (Å²) in [6.45, 7) is 7.39. The maximum atomic E-state index is 2.49. The second kappa shape index (κ2) is 3.63. The van der Waals surface area contributed by atoms with E-state index in [1.807, 2.05) is 0 Å². The van der Waals surface area contributed by atoms with Crippen LogP contribution in [0, 0.1) is 29.6 Å². The molecular weight excluding hydrogens is 156 g/mol. The molecule has 0 spiro atoms. The summed E-state index contributed by atoms with van der Waals surface area (Å²) in [5.41, 5.74) is 0. The summed E-state index contributed by atoms with van der Waals surface area (Å²) >= 11 is 0. The van der Waals surface area contributed by atoms with Gasteiger partial charge in [-0.2, -0.15) is 0 Å². The fourth-order valence-corrected chi connectivity index (χ4v) is 3.50. The molecule has 0 N–H and O–H groups in total. The Hall–Kier alpha value is 0. The van der Waals surface area contributed by atoms with Crippen molar-refractivity contribution in [1.29, 1.82) is 0 Å². The van der Waals surface area contributed by atoms with Crippen molar-refractivity contribution in [2.45, 2.75) is 52.9 Å². The van der Waals surface area contributed by atoms with E-state index in [2.05, 4.69) is 20.8 Å². The van der Waals surface area contributed by atoms with Crippen LogP contribution in [0.2, 0.25) is 0 Å². The van der Waals surface area contributed by atoms with Gasteiger partial charge in [0.15, 0.2) is 0 Å². The van der Waals surface area contributed by atoms with Crippen LogP contribution in [0.5, 0.6) is 0 Å². The zero-order chi connectivity index (χ0) is 9.42. The highest BCUT2D eigenvalue weighted by atomic mass is 14.4. The van der Waals surface area contributed by atoms with Crippen LogP contribution < -0.4 is 0 Å². The molecule has 13 heavy (non-hydrogen) atoms. The van der Waals surface area contributed by atoms with E-state index in [9.17, 15) is 0 Å². The number of hydrogen-bond donors (Lipinski definition) is 0. The average Bonchev–Trinajstić information content (AvgIpc) is 2.09. The average molecular weight is 180 g/mol. The van der Waals surface area contributed by atoms with Gasteiger partial charge < -0.3 is 0 Å². The van der Waals surface area contributed by atoms with Crippen LogP contribution in [-0.4, -0.2) is 0 Å². The Kier molecular flexibility index (Phi) is 2.67. The third-order valence-electron chi connectivity index (χ3n) is 4.76. The van der Waals surface area contributed by atoms with Crippen LogP contribution in [-0.2, 0) is 0 Å². The predicted molar refractivity (Wildman–Crippen MR) is 57.6 cm³/mol. The molecule has 5 unspecified atom stereocenters. The van der Waals surface area contributed by atoms with Gasteiger partial charge in [-0.15, -0.1) is 0 Å². The molecule has 0 heterocycles. The van der Waals surface area contributed by atoms with Crippen molar-refractivity contribution in [1.82, 2.24) is 0 Å². The molecule has 2 saturated carbocycles. The zero-order valence-electron chi connectivity index (χ0n) is 9.42. The van der Waals surface area contributed by atoms with E-state index >= 15 is 0 Å². The van der Waals surface area contributed by atoms with E-state index in [1.165, 1.54) is 32.1 Å². The topological polar surface area (TPSA) is 0 Å². The van der Waals surface area contributed by atoms with Gasteiger partial charge in [0.1, 0.15) is 0 Å². The van der Waals surface area contributed by atoms with Crippen LogP contribution in [0.15, 0.2) is 0 Å². The first-order valence-corrected chi connectivity index (χ1v) is 6.18. The molecule has 0 aromatic rings. The third kappa shape index (κ3) is 1.78. The van der Waals surface area contributed by atoms with Gasteiger partial charge in [0, 0.05) is 0 Å². The van der Waals surface area contributed by atoms with Crippen molar-refractivity contribution in [3.63, 3.8) is 0 Å². The fourth-order valence-electron chi connectivity index (χ4n) is 3.50. The molecule has 76 valence electrons. The molecule has 0 nitrogen and oxygen atoms in total. The van der Waals surface area contributed by atoms with Crippen LogP contribution in [0.25, 0.3) is 0 Å². The molecular formula is C13H24. The van der Waals surface area contributed by atoms with Gasteiger partial charge in [-0.25, -0.2) is 0 Å². The molecule has 2 rings (SSSR count). The lowest BCUT2D eigenvalue weighted by molar-refractivity contribution is 0.0413. The van der Waals surface area contributed by atoms with E-state index in [0.717, 1.165) is 29.6 Å². The minimum absolute atomic E-state index is 1.01. The lowest BCUT2D eigenvalue weighted by atomic mass is 9.60. The second-order valence-electron chi connectivity index (χ2n) is 5.78. The molecule has 0 aromatic carbocycles. The minimum atomic E-state index is 1.01. The Labute approximate surface area is 83.1 Å². The highest BCUT2D eigenvalue weighted by Gasteiger charge is 2.38. The molecule has 2 aliphatic carbocycles. The molecule has 0 radical (unpaired) electrons. The van der Waals surface area contributed by atoms with Crippen LogP contribution >= 0.6 is 0 Å². The lowest BCUT2D eigenvalue weighted by Crippen LogP contribution is -2.37. The Balaban J connectivity index is 1.95. The fraction of sp³-hybridized carbons (Fsp3) is 1.00. The summed E-state index contributed by atoms with van der Waals surface area (Å²) in [6, 6.07) is 0. The maximum Gasteiger partial charge on any atom is -0.0355 e. The van der Waals surface area contributed by atoms with Crippen molar-refractivity contribution in [2.24, 2.45) is 29.6 Å². The van der Waals surface area contributed by atoms with E-state index in [0.29, 0.717) is 0 Å². The molecule has 0 bridgehead atoms. The SMILES string of the molecule is CC1CCC(C)C(C2CCC2C)C1. The first-order chi connectivity index (χ1) is 6.18. The molecule has 0 aliphatic heterocycles. The van der Waals surface area contributed by atoms with E-state index in [4.69, 9.17) is 0 Å². The molecule has 0 heteroatoms. The predicted octanol–water partition coefficient (Wildman–Crippen LogP) is 4.10. The Morgan fingerprint density at radius 2 is 1.31 bits per heavy atom. The van der Waals surface area contributed by atoms with Crippen LogP contribution in [0.3, 0.4) is 0 Å². The molecule has 0 aromatic heterocycles. The van der Waals surface area contributed by atoms with Gasteiger partial charge in [-0.05, 0) is 42.4 Å². The van der Waals surface area contributed by atoms with Gasteiger partial charge in [-0.3, -0.25) is 0 Å². The molecule has 0 saturated heterocycles. The van der Waals surface area contributed by atoms with Crippen LogP contribution in [0.4, 0.5) is 0 Å². The highest BCUT2D eigenvalue weighted by molar-refractivity contribution is 4.88. The van der Waals surface area contributed by atoms with E-state index < -0.39 is 0 Å². The van der Waals surface area contributed by atoms with Crippen molar-refractivity contribution in [3.05, 3.63) is 0 Å². The van der Waals surface area contributed by atoms with E-state index in [-0.39, 0.29) is 0 Å². The Morgan fingerprint density at radius 1 is 0.692 bits per heavy atom. The summed E-state index contributed by atoms with van der Waals surface area (Å²) in [5, 5.41) is 0. The standard InChI is InChI=1S/C13H24/c1-9-4-5-11(3)13(8-9)12-7-6-10(12)2/h9-13H,4-8H2,1-3H3. The quantitative estimate of drug-likeness (QED) is 0.570. The monoisotopic (exact) mass is 180 g/mol. The van der Waals surface area contributed by atoms with Gasteiger partial charge in [0.2, 0.25) is 0 Å². The summed E-state index contributed by atoms with van der Waals surface area (Å²) in [7, 11) is 0. The number of rotatable bonds is 1. The maximum absolute atomic E-state index is 2.49. The van der Waals surface area contributed by atoms with Crippen molar-refractivity contribution in [3.8, 4) is 0 Å². The normalized spacial score (nSPS) is 51.5. The second-order valence-corrected chi connectivity index (χ2v) is 5.78. The Bertz CT molecular complexity index is 173. The summed E-state index contributed by atoms with van der Waals surface area (Å²) in [4.78, 5) is 0. The largest absolute Gasteiger partial charge is 0.0625 e. The molecule has 2 aliphatic rings. The summed E-state index contributed by atoms with van der Waals surface area (Å²) in [6.07, 6.45) is 7.54. The van der Waals surface area contributed by atoms with Gasteiger partial charge in [0.25, 0.3) is 0 Å². The molecule has 2 fully saturated rings. The lowest BCUT2D eigenvalue weighted by Gasteiger charge is -2.46. The third-order valence-corrected chi connectivity index (χ3v) is 4.76. The zero-order valence-corrected chi connectivity index (χ0v) is 9.42. The summed E-state index contributed by atoms with van der Waals surface area (Å²) in [5.74, 6) is 5.24. The van der Waals surface area contributed by atoms with E-state index in [1.54, 1.807) is 0 Å².